The largest absolute Gasteiger partial charge is 0.481 e. The normalized spacial score (nSPS) is 23.1. The van der Waals surface area contributed by atoms with Gasteiger partial charge in [-0.3, -0.25) is 4.79 Å². The van der Waals surface area contributed by atoms with Gasteiger partial charge in [-0.15, -0.1) is 0 Å². The predicted molar refractivity (Wildman–Crippen MR) is 70.2 cm³/mol. The van der Waals surface area contributed by atoms with Crippen LogP contribution in [-0.4, -0.2) is 38.8 Å². The van der Waals surface area contributed by atoms with Gasteiger partial charge in [0.2, 0.25) is 0 Å². The monoisotopic (exact) mass is 260 g/mol. The Morgan fingerprint density at radius 2 is 2.37 bits per heavy atom. The minimum Gasteiger partial charge on any atom is -0.481 e. The molecule has 3 rings (SSSR count). The number of carboxylic acid groups (broad SMARTS) is 1. The van der Waals surface area contributed by atoms with Gasteiger partial charge in [0, 0.05) is 25.5 Å². The van der Waals surface area contributed by atoms with Gasteiger partial charge < -0.3 is 10.0 Å². The van der Waals surface area contributed by atoms with Crippen LogP contribution in [0.2, 0.25) is 0 Å². The molecule has 1 aliphatic rings. The molecule has 1 fully saturated rings. The zero-order chi connectivity index (χ0) is 13.5. The number of anilines is 1. The van der Waals surface area contributed by atoms with E-state index in [0.717, 1.165) is 17.9 Å². The number of hydrogen-bond acceptors (Lipinski definition) is 4. The van der Waals surface area contributed by atoms with E-state index in [1.165, 1.54) is 0 Å². The van der Waals surface area contributed by atoms with Gasteiger partial charge in [0.1, 0.15) is 5.52 Å². The van der Waals surface area contributed by atoms with Gasteiger partial charge >= 0.3 is 5.97 Å². The van der Waals surface area contributed by atoms with E-state index in [4.69, 9.17) is 0 Å². The maximum absolute atomic E-state index is 11.5. The van der Waals surface area contributed by atoms with Crippen LogP contribution in [0.5, 0.6) is 0 Å². The summed E-state index contributed by atoms with van der Waals surface area (Å²) in [5.74, 6) is 0.106. The summed E-state index contributed by atoms with van der Waals surface area (Å²) in [6.45, 7) is 3.17. The summed E-state index contributed by atoms with van der Waals surface area (Å²) >= 11 is 0. The van der Waals surface area contributed by atoms with Crippen molar-refractivity contribution in [2.75, 3.05) is 18.0 Å². The van der Waals surface area contributed by atoms with Gasteiger partial charge in [-0.2, -0.15) is 5.10 Å². The predicted octanol–water partition coefficient (Wildman–Crippen LogP) is 1.42. The van der Waals surface area contributed by atoms with Crippen LogP contribution in [0.15, 0.2) is 24.7 Å². The Morgan fingerprint density at radius 1 is 1.53 bits per heavy atom. The van der Waals surface area contributed by atoms with Crippen LogP contribution in [0.25, 0.3) is 5.52 Å². The number of hydrogen-bond donors (Lipinski definition) is 1. The molecule has 0 amide bonds. The van der Waals surface area contributed by atoms with E-state index < -0.39 is 11.4 Å². The van der Waals surface area contributed by atoms with Gasteiger partial charge in [0.05, 0.1) is 11.6 Å². The van der Waals surface area contributed by atoms with Gasteiger partial charge in [-0.25, -0.2) is 9.50 Å². The molecule has 1 saturated heterocycles. The minimum absolute atomic E-state index is 0.511. The van der Waals surface area contributed by atoms with Crippen molar-refractivity contribution >= 4 is 17.3 Å². The van der Waals surface area contributed by atoms with Crippen molar-refractivity contribution in [2.24, 2.45) is 5.41 Å². The highest BCUT2D eigenvalue weighted by atomic mass is 16.4. The topological polar surface area (TPSA) is 70.7 Å². The highest BCUT2D eigenvalue weighted by Gasteiger charge is 2.44. The van der Waals surface area contributed by atoms with E-state index in [9.17, 15) is 9.90 Å². The van der Waals surface area contributed by atoms with Gasteiger partial charge in [-0.1, -0.05) is 6.92 Å². The second kappa shape index (κ2) is 4.22. The molecule has 1 unspecified atom stereocenters. The molecule has 6 nitrogen and oxygen atoms in total. The maximum Gasteiger partial charge on any atom is 0.311 e. The maximum atomic E-state index is 11.5. The lowest BCUT2D eigenvalue weighted by atomic mass is 9.84. The van der Waals surface area contributed by atoms with Crippen LogP contribution in [-0.2, 0) is 4.79 Å². The summed E-state index contributed by atoms with van der Waals surface area (Å²) in [6.07, 6.45) is 6.51. The average Bonchev–Trinajstić information content (AvgIpc) is 3.05. The molecule has 6 heteroatoms. The summed E-state index contributed by atoms with van der Waals surface area (Å²) < 4.78 is 1.76. The summed E-state index contributed by atoms with van der Waals surface area (Å²) in [7, 11) is 0. The van der Waals surface area contributed by atoms with E-state index >= 15 is 0 Å². The van der Waals surface area contributed by atoms with Gasteiger partial charge in [-0.05, 0) is 18.9 Å². The number of aliphatic carboxylic acids is 1. The van der Waals surface area contributed by atoms with Crippen molar-refractivity contribution in [1.29, 1.82) is 0 Å². The Balaban J connectivity index is 1.97. The Morgan fingerprint density at radius 3 is 3.05 bits per heavy atom. The van der Waals surface area contributed by atoms with Crippen LogP contribution in [0.4, 0.5) is 5.82 Å². The fourth-order valence-corrected chi connectivity index (χ4v) is 2.75. The molecular weight excluding hydrogens is 244 g/mol. The molecule has 3 heterocycles. The molecule has 0 spiro atoms. The number of fused-ring (bicyclic) bond motifs is 1. The first kappa shape index (κ1) is 12.0. The number of carboxylic acids is 1. The van der Waals surface area contributed by atoms with Crippen molar-refractivity contribution in [1.82, 2.24) is 14.6 Å². The molecule has 2 aromatic rings. The Hall–Kier alpha value is -2.11. The van der Waals surface area contributed by atoms with Crippen molar-refractivity contribution < 1.29 is 9.90 Å². The highest BCUT2D eigenvalue weighted by Crippen LogP contribution is 2.37. The summed E-state index contributed by atoms with van der Waals surface area (Å²) in [5.41, 5.74) is 0.272. The first-order valence-electron chi connectivity index (χ1n) is 6.43. The third-order valence-corrected chi connectivity index (χ3v) is 4.09. The molecule has 0 radical (unpaired) electrons. The molecule has 2 aromatic heterocycles. The lowest BCUT2D eigenvalue weighted by molar-refractivity contribution is -0.147. The molecule has 0 bridgehead atoms. The van der Waals surface area contributed by atoms with E-state index in [2.05, 4.69) is 15.0 Å². The summed E-state index contributed by atoms with van der Waals surface area (Å²) in [6, 6.07) is 1.90. The van der Waals surface area contributed by atoms with Crippen LogP contribution < -0.4 is 4.90 Å². The SMILES string of the molecule is CCC1(C(=O)O)CCN(c2nccn3nccc23)C1. The van der Waals surface area contributed by atoms with Crippen LogP contribution in [0.1, 0.15) is 19.8 Å². The molecule has 1 atom stereocenters. The van der Waals surface area contributed by atoms with E-state index in [1.807, 2.05) is 13.0 Å². The van der Waals surface area contributed by atoms with Crippen molar-refractivity contribution in [3.63, 3.8) is 0 Å². The van der Waals surface area contributed by atoms with E-state index in [1.54, 1.807) is 23.1 Å². The first-order chi connectivity index (χ1) is 9.16. The standard InChI is InChI=1S/C13H16N4O2/c1-2-13(12(18)19)4-7-16(9-13)11-10-3-5-15-17(10)8-6-14-11/h3,5-6,8H,2,4,7,9H2,1H3,(H,18,19). The molecule has 0 saturated carbocycles. The fourth-order valence-electron chi connectivity index (χ4n) is 2.75. The Bertz CT molecular complexity index is 624. The highest BCUT2D eigenvalue weighted by molar-refractivity contribution is 5.78. The quantitative estimate of drug-likeness (QED) is 0.903. The molecule has 1 aliphatic heterocycles. The van der Waals surface area contributed by atoms with Crippen LogP contribution in [0.3, 0.4) is 0 Å². The smallest absolute Gasteiger partial charge is 0.311 e. The second-order valence-electron chi connectivity index (χ2n) is 5.02. The Labute approximate surface area is 110 Å². The number of aromatic nitrogens is 3. The molecule has 0 aromatic carbocycles. The Kier molecular flexibility index (Phi) is 2.66. The minimum atomic E-state index is -0.710. The van der Waals surface area contributed by atoms with Crippen molar-refractivity contribution in [3.05, 3.63) is 24.7 Å². The lowest BCUT2D eigenvalue weighted by Gasteiger charge is -2.23. The number of rotatable bonds is 3. The zero-order valence-corrected chi connectivity index (χ0v) is 10.8. The van der Waals surface area contributed by atoms with Crippen LogP contribution >= 0.6 is 0 Å². The van der Waals surface area contributed by atoms with Gasteiger partial charge in [0.25, 0.3) is 0 Å². The van der Waals surface area contributed by atoms with E-state index in [0.29, 0.717) is 19.4 Å². The van der Waals surface area contributed by atoms with Crippen molar-refractivity contribution in [3.8, 4) is 0 Å². The summed E-state index contributed by atoms with van der Waals surface area (Å²) in [4.78, 5) is 17.9. The first-order valence-corrected chi connectivity index (χ1v) is 6.43. The number of nitrogens with zero attached hydrogens (tertiary/aromatic N) is 4. The zero-order valence-electron chi connectivity index (χ0n) is 10.8. The second-order valence-corrected chi connectivity index (χ2v) is 5.02. The third kappa shape index (κ3) is 1.75. The summed E-state index contributed by atoms with van der Waals surface area (Å²) in [5, 5.41) is 13.6. The average molecular weight is 260 g/mol. The molecule has 0 aliphatic carbocycles. The molecular formula is C13H16N4O2. The molecule has 100 valence electrons. The fraction of sp³-hybridized carbons (Fsp3) is 0.462. The van der Waals surface area contributed by atoms with Crippen LogP contribution in [0, 0.1) is 5.41 Å². The molecule has 1 N–H and O–H groups in total. The molecule has 19 heavy (non-hydrogen) atoms. The van der Waals surface area contributed by atoms with E-state index in [-0.39, 0.29) is 0 Å². The third-order valence-electron chi connectivity index (χ3n) is 4.09. The van der Waals surface area contributed by atoms with Crippen molar-refractivity contribution in [2.45, 2.75) is 19.8 Å². The van der Waals surface area contributed by atoms with Gasteiger partial charge in [0.15, 0.2) is 5.82 Å². The lowest BCUT2D eigenvalue weighted by Crippen LogP contribution is -2.34. The number of carbonyl (C=O) groups is 1.